The normalized spacial score (nSPS) is 10.6. The molecular weight excluding hydrogens is 315 g/mol. The van der Waals surface area contributed by atoms with E-state index in [-0.39, 0.29) is 16.8 Å². The molecule has 0 radical (unpaired) electrons. The summed E-state index contributed by atoms with van der Waals surface area (Å²) in [7, 11) is 0. The van der Waals surface area contributed by atoms with Crippen molar-refractivity contribution in [2.24, 2.45) is 0 Å². The number of aryl methyl sites for hydroxylation is 1. The van der Waals surface area contributed by atoms with Crippen LogP contribution >= 0.6 is 11.6 Å². The van der Waals surface area contributed by atoms with Gasteiger partial charge in [-0.1, -0.05) is 53.6 Å². The molecule has 0 bridgehead atoms. The topological polar surface area (TPSA) is 35.0 Å². The number of aromatic nitrogens is 2. The molecule has 0 atom stereocenters. The summed E-state index contributed by atoms with van der Waals surface area (Å²) in [4.78, 5) is 8.31. The average Bonchev–Trinajstić information content (AvgIpc) is 2.57. The van der Waals surface area contributed by atoms with Crippen LogP contribution in [-0.2, 0) is 6.61 Å². The molecule has 0 aliphatic carbocycles. The summed E-state index contributed by atoms with van der Waals surface area (Å²) >= 11 is 6.14. The molecule has 2 aromatic carbocycles. The molecular formula is C18H14ClFN2O. The molecule has 1 aromatic heterocycles. The zero-order chi connectivity index (χ0) is 16.2. The Morgan fingerprint density at radius 3 is 2.65 bits per heavy atom. The van der Waals surface area contributed by atoms with Gasteiger partial charge in [-0.3, -0.25) is 0 Å². The minimum Gasteiger partial charge on any atom is -0.484 e. The van der Waals surface area contributed by atoms with Crippen molar-refractivity contribution in [1.82, 2.24) is 9.97 Å². The summed E-state index contributed by atoms with van der Waals surface area (Å²) in [5, 5.41) is 0.159. The average molecular weight is 329 g/mol. The number of nitrogens with zero attached hydrogens (tertiary/aromatic N) is 2. The van der Waals surface area contributed by atoms with E-state index in [1.54, 1.807) is 12.1 Å². The zero-order valence-corrected chi connectivity index (χ0v) is 13.2. The van der Waals surface area contributed by atoms with E-state index in [9.17, 15) is 4.39 Å². The second-order valence-electron chi connectivity index (χ2n) is 5.11. The Kier molecular flexibility index (Phi) is 4.53. The van der Waals surface area contributed by atoms with E-state index < -0.39 is 0 Å². The highest BCUT2D eigenvalue weighted by atomic mass is 35.5. The van der Waals surface area contributed by atoms with Crippen molar-refractivity contribution in [2.45, 2.75) is 13.5 Å². The fourth-order valence-corrected chi connectivity index (χ4v) is 2.31. The SMILES string of the molecule is Cc1ccc(F)c(-c2ncc(OCc3ccccc3)c(Cl)n2)c1. The predicted octanol–water partition coefficient (Wildman–Crippen LogP) is 4.82. The number of rotatable bonds is 4. The minimum atomic E-state index is -0.385. The molecule has 3 rings (SSSR count). The van der Waals surface area contributed by atoms with Gasteiger partial charge in [0.25, 0.3) is 0 Å². The van der Waals surface area contributed by atoms with Gasteiger partial charge < -0.3 is 4.74 Å². The molecule has 0 unspecified atom stereocenters. The van der Waals surface area contributed by atoms with Crippen LogP contribution in [0.25, 0.3) is 11.4 Å². The lowest BCUT2D eigenvalue weighted by molar-refractivity contribution is 0.304. The molecule has 0 saturated carbocycles. The molecule has 0 saturated heterocycles. The summed E-state index contributed by atoms with van der Waals surface area (Å²) in [5.41, 5.74) is 2.25. The standard InChI is InChI=1S/C18H14ClFN2O/c1-12-7-8-15(20)14(9-12)18-21-10-16(17(19)22-18)23-11-13-5-3-2-4-6-13/h2-10H,11H2,1H3. The maximum Gasteiger partial charge on any atom is 0.175 e. The fraction of sp³-hybridized carbons (Fsp3) is 0.111. The van der Waals surface area contributed by atoms with Gasteiger partial charge in [0.1, 0.15) is 12.4 Å². The Morgan fingerprint density at radius 2 is 1.91 bits per heavy atom. The largest absolute Gasteiger partial charge is 0.484 e. The monoisotopic (exact) mass is 328 g/mol. The first-order valence-electron chi connectivity index (χ1n) is 7.09. The third-order valence-electron chi connectivity index (χ3n) is 3.31. The Morgan fingerprint density at radius 1 is 1.13 bits per heavy atom. The lowest BCUT2D eigenvalue weighted by Gasteiger charge is -2.09. The van der Waals surface area contributed by atoms with E-state index in [1.165, 1.54) is 12.3 Å². The molecule has 0 aliphatic heterocycles. The Labute approximate surface area is 138 Å². The number of benzene rings is 2. The maximum absolute atomic E-state index is 13.9. The molecule has 1 heterocycles. The Balaban J connectivity index is 1.82. The van der Waals surface area contributed by atoms with Gasteiger partial charge in [0.15, 0.2) is 16.7 Å². The van der Waals surface area contributed by atoms with Gasteiger partial charge in [0, 0.05) is 0 Å². The van der Waals surface area contributed by atoms with Gasteiger partial charge in [0.05, 0.1) is 11.8 Å². The van der Waals surface area contributed by atoms with E-state index in [2.05, 4.69) is 9.97 Å². The summed E-state index contributed by atoms with van der Waals surface area (Å²) in [6.45, 7) is 2.24. The molecule has 3 aromatic rings. The van der Waals surface area contributed by atoms with Crippen LogP contribution in [0.15, 0.2) is 54.7 Å². The van der Waals surface area contributed by atoms with Crippen molar-refractivity contribution in [2.75, 3.05) is 0 Å². The zero-order valence-electron chi connectivity index (χ0n) is 12.5. The van der Waals surface area contributed by atoms with E-state index in [0.29, 0.717) is 17.9 Å². The second kappa shape index (κ2) is 6.75. The lowest BCUT2D eigenvalue weighted by atomic mass is 10.1. The van der Waals surface area contributed by atoms with Crippen LogP contribution in [0.2, 0.25) is 5.15 Å². The summed E-state index contributed by atoms with van der Waals surface area (Å²) < 4.78 is 19.5. The Hall–Kier alpha value is -2.46. The summed E-state index contributed by atoms with van der Waals surface area (Å²) in [5.74, 6) is 0.222. The van der Waals surface area contributed by atoms with Gasteiger partial charge in [0.2, 0.25) is 0 Å². The van der Waals surface area contributed by atoms with Gasteiger partial charge in [-0.25, -0.2) is 14.4 Å². The second-order valence-corrected chi connectivity index (χ2v) is 5.46. The first-order valence-corrected chi connectivity index (χ1v) is 7.47. The quantitative estimate of drug-likeness (QED) is 0.644. The predicted molar refractivity (Wildman–Crippen MR) is 87.9 cm³/mol. The van der Waals surface area contributed by atoms with Crippen LogP contribution in [0.1, 0.15) is 11.1 Å². The highest BCUT2D eigenvalue weighted by Crippen LogP contribution is 2.27. The first kappa shape index (κ1) is 15.4. The van der Waals surface area contributed by atoms with Crippen molar-refractivity contribution >= 4 is 11.6 Å². The molecule has 23 heavy (non-hydrogen) atoms. The van der Waals surface area contributed by atoms with Crippen LogP contribution in [0.5, 0.6) is 5.75 Å². The fourth-order valence-electron chi connectivity index (χ4n) is 2.12. The van der Waals surface area contributed by atoms with Crippen molar-refractivity contribution in [3.8, 4) is 17.1 Å². The minimum absolute atomic E-state index is 0.159. The first-order chi connectivity index (χ1) is 11.1. The van der Waals surface area contributed by atoms with Crippen LogP contribution in [0.3, 0.4) is 0 Å². The number of halogens is 2. The van der Waals surface area contributed by atoms with Gasteiger partial charge >= 0.3 is 0 Å². The smallest absolute Gasteiger partial charge is 0.175 e. The molecule has 5 heteroatoms. The van der Waals surface area contributed by atoms with Gasteiger partial charge in [-0.05, 0) is 24.6 Å². The molecule has 0 amide bonds. The third-order valence-corrected chi connectivity index (χ3v) is 3.58. The van der Waals surface area contributed by atoms with Crippen LogP contribution in [0, 0.1) is 12.7 Å². The molecule has 116 valence electrons. The van der Waals surface area contributed by atoms with Crippen molar-refractivity contribution in [3.63, 3.8) is 0 Å². The highest BCUT2D eigenvalue weighted by molar-refractivity contribution is 6.30. The molecule has 0 N–H and O–H groups in total. The van der Waals surface area contributed by atoms with E-state index in [4.69, 9.17) is 16.3 Å². The Bertz CT molecular complexity index is 825. The van der Waals surface area contributed by atoms with Crippen molar-refractivity contribution < 1.29 is 9.13 Å². The number of hydrogen-bond acceptors (Lipinski definition) is 3. The molecule has 0 fully saturated rings. The van der Waals surface area contributed by atoms with Gasteiger partial charge in [-0.2, -0.15) is 0 Å². The van der Waals surface area contributed by atoms with Crippen molar-refractivity contribution in [1.29, 1.82) is 0 Å². The molecule has 3 nitrogen and oxygen atoms in total. The highest BCUT2D eigenvalue weighted by Gasteiger charge is 2.12. The van der Waals surface area contributed by atoms with Crippen LogP contribution in [-0.4, -0.2) is 9.97 Å². The number of ether oxygens (including phenoxy) is 1. The summed E-state index contributed by atoms with van der Waals surface area (Å²) in [6.07, 6.45) is 1.47. The van der Waals surface area contributed by atoms with Crippen LogP contribution < -0.4 is 4.74 Å². The molecule has 0 spiro atoms. The van der Waals surface area contributed by atoms with E-state index >= 15 is 0 Å². The number of hydrogen-bond donors (Lipinski definition) is 0. The molecule has 0 aliphatic rings. The maximum atomic E-state index is 13.9. The van der Waals surface area contributed by atoms with Crippen molar-refractivity contribution in [3.05, 3.63) is 76.8 Å². The van der Waals surface area contributed by atoms with Gasteiger partial charge in [-0.15, -0.1) is 0 Å². The lowest BCUT2D eigenvalue weighted by Crippen LogP contribution is -1.99. The summed E-state index contributed by atoms with van der Waals surface area (Å²) in [6, 6.07) is 14.5. The van der Waals surface area contributed by atoms with Crippen LogP contribution in [0.4, 0.5) is 4.39 Å². The van der Waals surface area contributed by atoms with E-state index in [1.807, 2.05) is 37.3 Å². The third kappa shape index (κ3) is 3.66. The van der Waals surface area contributed by atoms with E-state index in [0.717, 1.165) is 11.1 Å².